The highest BCUT2D eigenvalue weighted by Crippen LogP contribution is 2.26. The molecule has 1 aromatic heterocycles. The van der Waals surface area contributed by atoms with Crippen molar-refractivity contribution in [2.24, 2.45) is 4.99 Å². The molecule has 5 rings (SSSR count). The Morgan fingerprint density at radius 3 is 2.50 bits per heavy atom. The number of aliphatic imine (C=N–C) groups is 1. The topological polar surface area (TPSA) is 29.8 Å². The SMILES string of the molecule is Clc1ccc(Cn2cc(C=Nc3ccc(N4CCOCC4)cc3)c3ccccc32)c(Cl)c1. The number of fused-ring (bicyclic) bond motifs is 1. The van der Waals surface area contributed by atoms with Crippen molar-refractivity contribution in [3.05, 3.63) is 94.1 Å². The summed E-state index contributed by atoms with van der Waals surface area (Å²) in [4.78, 5) is 7.08. The van der Waals surface area contributed by atoms with E-state index in [0.29, 0.717) is 16.6 Å². The van der Waals surface area contributed by atoms with Gasteiger partial charge < -0.3 is 14.2 Å². The third-order valence-corrected chi connectivity index (χ3v) is 6.34. The normalized spacial score (nSPS) is 14.5. The number of aromatic nitrogens is 1. The fraction of sp³-hybridized carbons (Fsp3) is 0.192. The van der Waals surface area contributed by atoms with Gasteiger partial charge in [0.05, 0.1) is 18.9 Å². The van der Waals surface area contributed by atoms with Crippen LogP contribution in [0.15, 0.2) is 77.9 Å². The molecule has 1 fully saturated rings. The molecule has 6 heteroatoms. The van der Waals surface area contributed by atoms with Crippen molar-refractivity contribution in [2.45, 2.75) is 6.54 Å². The van der Waals surface area contributed by atoms with E-state index in [9.17, 15) is 0 Å². The average molecular weight is 464 g/mol. The number of anilines is 1. The minimum atomic E-state index is 0.642. The van der Waals surface area contributed by atoms with Crippen molar-refractivity contribution in [3.8, 4) is 0 Å². The maximum absolute atomic E-state index is 6.41. The number of para-hydroxylation sites is 1. The second-order valence-electron chi connectivity index (χ2n) is 7.84. The Kier molecular flexibility index (Phi) is 6.17. The third-order valence-electron chi connectivity index (χ3n) is 5.75. The number of hydrogen-bond donors (Lipinski definition) is 0. The standard InChI is InChI=1S/C26H23Cl2N3O/c27-21-6-5-19(25(28)15-21)17-31-18-20(24-3-1-2-4-26(24)31)16-29-22-7-9-23(10-8-22)30-11-13-32-14-12-30/h1-10,15-16,18H,11-14,17H2. The zero-order valence-electron chi connectivity index (χ0n) is 17.5. The Labute approximate surface area is 197 Å². The molecule has 0 atom stereocenters. The first kappa shape index (κ1) is 21.1. The van der Waals surface area contributed by atoms with Gasteiger partial charge in [0.15, 0.2) is 0 Å². The average Bonchev–Trinajstić information content (AvgIpc) is 3.18. The molecule has 32 heavy (non-hydrogen) atoms. The molecule has 0 radical (unpaired) electrons. The molecular formula is C26H23Cl2N3O. The number of rotatable bonds is 5. The second-order valence-corrected chi connectivity index (χ2v) is 8.68. The number of hydrogen-bond acceptors (Lipinski definition) is 3. The van der Waals surface area contributed by atoms with E-state index in [1.807, 2.05) is 24.4 Å². The van der Waals surface area contributed by atoms with E-state index in [4.69, 9.17) is 32.9 Å². The van der Waals surface area contributed by atoms with Gasteiger partial charge in [-0.2, -0.15) is 0 Å². The van der Waals surface area contributed by atoms with Gasteiger partial charge in [-0.05, 0) is 48.0 Å². The van der Waals surface area contributed by atoms with Gasteiger partial charge in [0, 0.05) is 64.2 Å². The first-order chi connectivity index (χ1) is 15.7. The van der Waals surface area contributed by atoms with Gasteiger partial charge in [-0.15, -0.1) is 0 Å². The van der Waals surface area contributed by atoms with Crippen LogP contribution in [0.3, 0.4) is 0 Å². The lowest BCUT2D eigenvalue weighted by molar-refractivity contribution is 0.122. The number of halogens is 2. The van der Waals surface area contributed by atoms with E-state index < -0.39 is 0 Å². The maximum atomic E-state index is 6.41. The van der Waals surface area contributed by atoms with E-state index in [-0.39, 0.29) is 0 Å². The largest absolute Gasteiger partial charge is 0.378 e. The molecule has 2 heterocycles. The predicted molar refractivity (Wildman–Crippen MR) is 134 cm³/mol. The predicted octanol–water partition coefficient (Wildman–Crippen LogP) is 6.58. The highest BCUT2D eigenvalue weighted by atomic mass is 35.5. The van der Waals surface area contributed by atoms with E-state index in [0.717, 1.165) is 54.0 Å². The molecule has 1 saturated heterocycles. The van der Waals surface area contributed by atoms with Crippen molar-refractivity contribution in [1.82, 2.24) is 4.57 Å². The van der Waals surface area contributed by atoms with Gasteiger partial charge in [0.2, 0.25) is 0 Å². The molecule has 4 aromatic rings. The van der Waals surface area contributed by atoms with Gasteiger partial charge >= 0.3 is 0 Å². The van der Waals surface area contributed by atoms with Crippen LogP contribution in [0.2, 0.25) is 10.0 Å². The van der Waals surface area contributed by atoms with Crippen LogP contribution in [-0.4, -0.2) is 37.1 Å². The molecule has 0 bridgehead atoms. The van der Waals surface area contributed by atoms with E-state index in [1.165, 1.54) is 5.69 Å². The summed E-state index contributed by atoms with van der Waals surface area (Å²) in [7, 11) is 0. The second kappa shape index (κ2) is 9.37. The summed E-state index contributed by atoms with van der Waals surface area (Å²) in [6, 6.07) is 22.4. The summed E-state index contributed by atoms with van der Waals surface area (Å²) >= 11 is 12.5. The molecule has 0 amide bonds. The van der Waals surface area contributed by atoms with Gasteiger partial charge in [0.25, 0.3) is 0 Å². The van der Waals surface area contributed by atoms with Crippen LogP contribution in [0.5, 0.6) is 0 Å². The summed E-state index contributed by atoms with van der Waals surface area (Å²) < 4.78 is 7.64. The first-order valence-electron chi connectivity index (χ1n) is 10.7. The molecule has 0 N–H and O–H groups in total. The maximum Gasteiger partial charge on any atom is 0.0642 e. The minimum absolute atomic E-state index is 0.642. The molecule has 0 unspecified atom stereocenters. The smallest absolute Gasteiger partial charge is 0.0642 e. The molecule has 0 aliphatic carbocycles. The molecule has 4 nitrogen and oxygen atoms in total. The van der Waals surface area contributed by atoms with E-state index in [1.54, 1.807) is 6.07 Å². The van der Waals surface area contributed by atoms with Crippen LogP contribution in [-0.2, 0) is 11.3 Å². The molecule has 0 spiro atoms. The molecule has 1 aliphatic heterocycles. The zero-order chi connectivity index (χ0) is 21.9. The fourth-order valence-electron chi connectivity index (χ4n) is 4.06. The van der Waals surface area contributed by atoms with Crippen molar-refractivity contribution in [2.75, 3.05) is 31.2 Å². The van der Waals surface area contributed by atoms with Gasteiger partial charge in [-0.3, -0.25) is 4.99 Å². The highest BCUT2D eigenvalue weighted by Gasteiger charge is 2.11. The van der Waals surface area contributed by atoms with Gasteiger partial charge in [-0.1, -0.05) is 47.5 Å². The highest BCUT2D eigenvalue weighted by molar-refractivity contribution is 6.35. The summed E-state index contributed by atoms with van der Waals surface area (Å²) in [5.41, 5.74) is 5.38. The van der Waals surface area contributed by atoms with Crippen LogP contribution < -0.4 is 4.90 Å². The molecule has 1 aliphatic rings. The van der Waals surface area contributed by atoms with Crippen LogP contribution in [0.4, 0.5) is 11.4 Å². The Morgan fingerprint density at radius 1 is 0.938 bits per heavy atom. The van der Waals surface area contributed by atoms with E-state index >= 15 is 0 Å². The Balaban J connectivity index is 1.40. The minimum Gasteiger partial charge on any atom is -0.378 e. The molecule has 162 valence electrons. The van der Waals surface area contributed by atoms with Crippen molar-refractivity contribution >= 4 is 51.7 Å². The Bertz CT molecular complexity index is 1260. The Hall–Kier alpha value is -2.79. The fourth-order valence-corrected chi connectivity index (χ4v) is 4.53. The summed E-state index contributed by atoms with van der Waals surface area (Å²) in [6.45, 7) is 4.09. The first-order valence-corrected chi connectivity index (χ1v) is 11.4. The quantitative estimate of drug-likeness (QED) is 0.312. The van der Waals surface area contributed by atoms with Crippen LogP contribution in [0.1, 0.15) is 11.1 Å². The summed E-state index contributed by atoms with van der Waals surface area (Å²) in [6.07, 6.45) is 4.06. The number of morpholine rings is 1. The lowest BCUT2D eigenvalue weighted by atomic mass is 10.2. The number of ether oxygens (including phenoxy) is 1. The zero-order valence-corrected chi connectivity index (χ0v) is 19.1. The summed E-state index contributed by atoms with van der Waals surface area (Å²) in [5.74, 6) is 0. The van der Waals surface area contributed by atoms with Crippen molar-refractivity contribution in [1.29, 1.82) is 0 Å². The van der Waals surface area contributed by atoms with Crippen LogP contribution in [0, 0.1) is 0 Å². The van der Waals surface area contributed by atoms with Crippen LogP contribution in [0.25, 0.3) is 10.9 Å². The van der Waals surface area contributed by atoms with Gasteiger partial charge in [0.1, 0.15) is 0 Å². The van der Waals surface area contributed by atoms with Crippen molar-refractivity contribution < 1.29 is 4.74 Å². The number of nitrogens with zero attached hydrogens (tertiary/aromatic N) is 3. The molecule has 0 saturated carbocycles. The van der Waals surface area contributed by atoms with Crippen LogP contribution >= 0.6 is 23.2 Å². The third kappa shape index (κ3) is 4.53. The lowest BCUT2D eigenvalue weighted by Gasteiger charge is -2.28. The molecule has 3 aromatic carbocycles. The van der Waals surface area contributed by atoms with Crippen molar-refractivity contribution in [3.63, 3.8) is 0 Å². The van der Waals surface area contributed by atoms with E-state index in [2.05, 4.69) is 58.1 Å². The van der Waals surface area contributed by atoms with Gasteiger partial charge in [-0.25, -0.2) is 0 Å². The lowest BCUT2D eigenvalue weighted by Crippen LogP contribution is -2.36. The Morgan fingerprint density at radius 2 is 1.72 bits per heavy atom. The molecular weight excluding hydrogens is 441 g/mol. The number of benzene rings is 3. The monoisotopic (exact) mass is 463 g/mol. The summed E-state index contributed by atoms with van der Waals surface area (Å²) in [5, 5.41) is 2.47.